The van der Waals surface area contributed by atoms with Crippen molar-refractivity contribution in [1.29, 1.82) is 0 Å². The number of anilines is 1. The first kappa shape index (κ1) is 17.4. The van der Waals surface area contributed by atoms with Crippen molar-refractivity contribution in [1.82, 2.24) is 0 Å². The van der Waals surface area contributed by atoms with Gasteiger partial charge in [-0.3, -0.25) is 9.00 Å². The van der Waals surface area contributed by atoms with Crippen LogP contribution < -0.4 is 5.32 Å². The zero-order chi connectivity index (χ0) is 16.8. The second kappa shape index (κ2) is 8.06. The van der Waals surface area contributed by atoms with Crippen LogP contribution in [0.2, 0.25) is 0 Å². The molecule has 0 fully saturated rings. The highest BCUT2D eigenvalue weighted by atomic mass is 32.2. The van der Waals surface area contributed by atoms with E-state index < -0.39 is 16.0 Å². The molecule has 2 rings (SSSR count). The monoisotopic (exact) mass is 329 g/mol. The van der Waals surface area contributed by atoms with Gasteiger partial charge >= 0.3 is 0 Å². The Balaban J connectivity index is 1.95. The van der Waals surface area contributed by atoms with E-state index in [1.54, 1.807) is 6.92 Å². The topological polar surface area (TPSA) is 46.2 Å². The number of para-hydroxylation sites is 1. The molecule has 0 bridgehead atoms. The number of carbonyl (C=O) groups is 1. The Bertz CT molecular complexity index is 666. The minimum Gasteiger partial charge on any atom is -0.325 e. The van der Waals surface area contributed by atoms with E-state index in [0.29, 0.717) is 11.7 Å². The van der Waals surface area contributed by atoms with Crippen LogP contribution >= 0.6 is 0 Å². The number of rotatable bonds is 6. The number of carbonyl (C=O) groups excluding carboxylic acids is 1. The fraction of sp³-hybridized carbons (Fsp3) is 0.316. The third kappa shape index (κ3) is 5.03. The molecule has 0 aliphatic rings. The van der Waals surface area contributed by atoms with E-state index >= 15 is 0 Å². The summed E-state index contributed by atoms with van der Waals surface area (Å²) in [6, 6.07) is 17.3. The normalized spacial score (nSPS) is 13.6. The van der Waals surface area contributed by atoms with Gasteiger partial charge in [-0.15, -0.1) is 0 Å². The van der Waals surface area contributed by atoms with Gasteiger partial charge in [0, 0.05) is 22.2 Å². The molecule has 0 unspecified atom stereocenters. The van der Waals surface area contributed by atoms with Crippen LogP contribution in [0, 0.1) is 0 Å². The Kier molecular flexibility index (Phi) is 6.11. The molecule has 0 radical (unpaired) electrons. The fourth-order valence-electron chi connectivity index (χ4n) is 2.17. The van der Waals surface area contributed by atoms with Gasteiger partial charge < -0.3 is 5.32 Å². The van der Waals surface area contributed by atoms with Crippen LogP contribution in [0.3, 0.4) is 0 Å². The summed E-state index contributed by atoms with van der Waals surface area (Å²) in [5.74, 6) is 0.653. The lowest BCUT2D eigenvalue weighted by molar-refractivity contribution is -0.115. The van der Waals surface area contributed by atoms with Crippen LogP contribution in [0.4, 0.5) is 5.69 Å². The van der Waals surface area contributed by atoms with E-state index in [1.165, 1.54) is 5.56 Å². The van der Waals surface area contributed by atoms with Crippen molar-refractivity contribution in [3.8, 4) is 0 Å². The van der Waals surface area contributed by atoms with Gasteiger partial charge in [-0.2, -0.15) is 0 Å². The second-order valence-electron chi connectivity index (χ2n) is 5.92. The summed E-state index contributed by atoms with van der Waals surface area (Å²) in [5.41, 5.74) is 2.98. The molecule has 122 valence electrons. The molecule has 1 amide bonds. The first-order valence-corrected chi connectivity index (χ1v) is 9.17. The van der Waals surface area contributed by atoms with Crippen molar-refractivity contribution in [3.63, 3.8) is 0 Å². The smallest absolute Gasteiger partial charge is 0.239 e. The molecule has 0 saturated heterocycles. The Hall–Kier alpha value is -1.94. The Labute approximate surface area is 140 Å². The summed E-state index contributed by atoms with van der Waals surface area (Å²) >= 11 is 0. The SMILES string of the molecule is CC(C)c1ccc(C[S@](=O)[C@H](C)C(=O)Nc2ccccc2)cc1. The summed E-state index contributed by atoms with van der Waals surface area (Å²) in [6.45, 7) is 5.99. The third-order valence-corrected chi connectivity index (χ3v) is 5.38. The summed E-state index contributed by atoms with van der Waals surface area (Å²) < 4.78 is 12.4. The maximum Gasteiger partial charge on any atom is 0.239 e. The fourth-order valence-corrected chi connectivity index (χ4v) is 3.24. The molecule has 4 heteroatoms. The zero-order valence-electron chi connectivity index (χ0n) is 13.8. The Morgan fingerprint density at radius 3 is 2.17 bits per heavy atom. The van der Waals surface area contributed by atoms with Crippen LogP contribution in [0.5, 0.6) is 0 Å². The van der Waals surface area contributed by atoms with Crippen molar-refractivity contribution in [2.24, 2.45) is 0 Å². The van der Waals surface area contributed by atoms with Crippen LogP contribution in [-0.2, 0) is 21.3 Å². The minimum atomic E-state index is -1.25. The van der Waals surface area contributed by atoms with Gasteiger partial charge in [-0.1, -0.05) is 56.3 Å². The van der Waals surface area contributed by atoms with E-state index in [4.69, 9.17) is 0 Å². The standard InChI is InChI=1S/C19H23NO2S/c1-14(2)17-11-9-16(10-12-17)13-23(22)15(3)19(21)20-18-7-5-4-6-8-18/h4-12,14-15H,13H2,1-3H3,(H,20,21)/t15-,23+/m1/s1. The summed E-state index contributed by atoms with van der Waals surface area (Å²) in [5, 5.41) is 2.24. The van der Waals surface area contributed by atoms with Crippen molar-refractivity contribution < 1.29 is 9.00 Å². The summed E-state index contributed by atoms with van der Waals surface area (Å²) in [7, 11) is -1.25. The predicted octanol–water partition coefficient (Wildman–Crippen LogP) is 4.09. The lowest BCUT2D eigenvalue weighted by Crippen LogP contribution is -2.29. The van der Waals surface area contributed by atoms with E-state index in [1.807, 2.05) is 42.5 Å². The van der Waals surface area contributed by atoms with Crippen LogP contribution in [-0.4, -0.2) is 15.4 Å². The van der Waals surface area contributed by atoms with Crippen molar-refractivity contribution >= 4 is 22.4 Å². The second-order valence-corrected chi connectivity index (χ2v) is 7.68. The van der Waals surface area contributed by atoms with Gasteiger partial charge in [0.05, 0.1) is 0 Å². The average molecular weight is 329 g/mol. The van der Waals surface area contributed by atoms with Crippen molar-refractivity contribution in [2.45, 2.75) is 37.7 Å². The largest absolute Gasteiger partial charge is 0.325 e. The van der Waals surface area contributed by atoms with Crippen LogP contribution in [0.25, 0.3) is 0 Å². The molecule has 1 N–H and O–H groups in total. The molecule has 0 spiro atoms. The highest BCUT2D eigenvalue weighted by Gasteiger charge is 2.20. The van der Waals surface area contributed by atoms with E-state index in [0.717, 1.165) is 11.3 Å². The van der Waals surface area contributed by atoms with Gasteiger partial charge in [0.1, 0.15) is 5.25 Å². The molecule has 2 atom stereocenters. The van der Waals surface area contributed by atoms with Gasteiger partial charge in [0.25, 0.3) is 0 Å². The van der Waals surface area contributed by atoms with Crippen molar-refractivity contribution in [3.05, 3.63) is 65.7 Å². The average Bonchev–Trinajstić information content (AvgIpc) is 2.55. The Morgan fingerprint density at radius 2 is 1.61 bits per heavy atom. The molecule has 2 aromatic carbocycles. The first-order chi connectivity index (χ1) is 11.0. The summed E-state index contributed by atoms with van der Waals surface area (Å²) in [4.78, 5) is 12.2. The number of hydrogen-bond donors (Lipinski definition) is 1. The minimum absolute atomic E-state index is 0.215. The number of amides is 1. The first-order valence-electron chi connectivity index (χ1n) is 7.79. The maximum absolute atomic E-state index is 12.4. The van der Waals surface area contributed by atoms with Gasteiger partial charge in [0.15, 0.2) is 0 Å². The molecule has 3 nitrogen and oxygen atoms in total. The number of nitrogens with one attached hydrogen (secondary N) is 1. The molecule has 0 heterocycles. The third-order valence-electron chi connectivity index (χ3n) is 3.76. The Morgan fingerprint density at radius 1 is 1.00 bits per heavy atom. The van der Waals surface area contributed by atoms with Gasteiger partial charge in [-0.05, 0) is 36.1 Å². The van der Waals surface area contributed by atoms with Gasteiger partial charge in [-0.25, -0.2) is 0 Å². The highest BCUT2D eigenvalue weighted by Crippen LogP contribution is 2.16. The summed E-state index contributed by atoms with van der Waals surface area (Å²) in [6.07, 6.45) is 0. The quantitative estimate of drug-likeness (QED) is 0.868. The molecular weight excluding hydrogens is 306 g/mol. The zero-order valence-corrected chi connectivity index (χ0v) is 14.6. The molecule has 0 aliphatic carbocycles. The molecule has 23 heavy (non-hydrogen) atoms. The lowest BCUT2D eigenvalue weighted by atomic mass is 10.0. The van der Waals surface area contributed by atoms with Crippen molar-refractivity contribution in [2.75, 3.05) is 5.32 Å². The number of benzene rings is 2. The molecular formula is C19H23NO2S. The van der Waals surface area contributed by atoms with Crippen LogP contribution in [0.15, 0.2) is 54.6 Å². The highest BCUT2D eigenvalue weighted by molar-refractivity contribution is 7.85. The molecule has 2 aromatic rings. The molecule has 0 aromatic heterocycles. The lowest BCUT2D eigenvalue weighted by Gasteiger charge is -2.13. The van der Waals surface area contributed by atoms with Crippen LogP contribution in [0.1, 0.15) is 37.8 Å². The maximum atomic E-state index is 12.4. The van der Waals surface area contributed by atoms with E-state index in [2.05, 4.69) is 31.3 Å². The number of hydrogen-bond acceptors (Lipinski definition) is 2. The molecule has 0 aliphatic heterocycles. The van der Waals surface area contributed by atoms with Gasteiger partial charge in [0.2, 0.25) is 5.91 Å². The predicted molar refractivity (Wildman–Crippen MR) is 96.9 cm³/mol. The van der Waals surface area contributed by atoms with E-state index in [9.17, 15) is 9.00 Å². The molecule has 0 saturated carbocycles. The van der Waals surface area contributed by atoms with E-state index in [-0.39, 0.29) is 5.91 Å².